The molecular weight excluding hydrogens is 251 g/mol. The van der Waals surface area contributed by atoms with Crippen molar-refractivity contribution in [3.05, 3.63) is 36.0 Å². The number of rotatable bonds is 5. The minimum Gasteiger partial charge on any atom is -0.354 e. The van der Waals surface area contributed by atoms with E-state index in [4.69, 9.17) is 10.3 Å². The summed E-state index contributed by atoms with van der Waals surface area (Å²) < 4.78 is 18.5. The molecule has 2 aromatic rings. The summed E-state index contributed by atoms with van der Waals surface area (Å²) in [7, 11) is 0. The van der Waals surface area contributed by atoms with Crippen LogP contribution in [0.3, 0.4) is 0 Å². The lowest BCUT2D eigenvalue weighted by Gasteiger charge is -1.99. The van der Waals surface area contributed by atoms with Crippen LogP contribution in [0.4, 0.5) is 4.39 Å². The first kappa shape index (κ1) is 13.2. The van der Waals surface area contributed by atoms with Crippen molar-refractivity contribution < 1.29 is 13.7 Å². The third kappa shape index (κ3) is 3.35. The van der Waals surface area contributed by atoms with Gasteiger partial charge in [0.1, 0.15) is 5.82 Å². The first-order chi connectivity index (χ1) is 9.20. The largest absolute Gasteiger partial charge is 0.354 e. The molecule has 100 valence electrons. The molecule has 0 aliphatic rings. The van der Waals surface area contributed by atoms with Gasteiger partial charge in [0, 0.05) is 13.0 Å². The first-order valence-corrected chi connectivity index (χ1v) is 5.75. The molecule has 3 N–H and O–H groups in total. The van der Waals surface area contributed by atoms with Crippen LogP contribution >= 0.6 is 0 Å². The van der Waals surface area contributed by atoms with Gasteiger partial charge in [-0.2, -0.15) is 4.98 Å². The Balaban J connectivity index is 2.00. The summed E-state index contributed by atoms with van der Waals surface area (Å²) in [6.07, 6.45) is 0.368. The second-order valence-corrected chi connectivity index (χ2v) is 3.80. The number of carbonyl (C=O) groups is 1. The predicted octanol–water partition coefficient (Wildman–Crippen LogP) is 0.493. The minimum atomic E-state index is -0.411. The maximum Gasteiger partial charge on any atom is 0.233 e. The first-order valence-electron chi connectivity index (χ1n) is 5.75. The van der Waals surface area contributed by atoms with Crippen molar-refractivity contribution in [2.24, 2.45) is 5.73 Å². The van der Waals surface area contributed by atoms with Gasteiger partial charge in [-0.3, -0.25) is 4.79 Å². The highest BCUT2D eigenvalue weighted by molar-refractivity contribution is 5.77. The average Bonchev–Trinajstić information content (AvgIpc) is 2.87. The SMILES string of the molecule is NCC(=O)NCCc1nc(-c2ccccc2F)no1. The second-order valence-electron chi connectivity index (χ2n) is 3.80. The summed E-state index contributed by atoms with van der Waals surface area (Å²) >= 11 is 0. The van der Waals surface area contributed by atoms with Crippen molar-refractivity contribution in [1.29, 1.82) is 0 Å². The smallest absolute Gasteiger partial charge is 0.233 e. The molecule has 0 aliphatic carbocycles. The predicted molar refractivity (Wildman–Crippen MR) is 65.5 cm³/mol. The van der Waals surface area contributed by atoms with Gasteiger partial charge in [0.05, 0.1) is 12.1 Å². The number of nitrogens with two attached hydrogens (primary N) is 1. The van der Waals surface area contributed by atoms with Crippen LogP contribution in [0.5, 0.6) is 0 Å². The van der Waals surface area contributed by atoms with Gasteiger partial charge in [0.2, 0.25) is 17.6 Å². The molecule has 0 unspecified atom stereocenters. The summed E-state index contributed by atoms with van der Waals surface area (Å²) in [6, 6.07) is 6.17. The van der Waals surface area contributed by atoms with Crippen LogP contribution in [-0.4, -0.2) is 29.1 Å². The Hall–Kier alpha value is -2.28. The van der Waals surface area contributed by atoms with E-state index < -0.39 is 5.82 Å². The van der Waals surface area contributed by atoms with Crippen LogP contribution in [0.25, 0.3) is 11.4 Å². The van der Waals surface area contributed by atoms with Crippen LogP contribution in [0.1, 0.15) is 5.89 Å². The molecule has 0 saturated carbocycles. The number of aromatic nitrogens is 2. The lowest BCUT2D eigenvalue weighted by Crippen LogP contribution is -2.31. The Kier molecular flexibility index (Phi) is 4.19. The Morgan fingerprint density at radius 2 is 2.21 bits per heavy atom. The van der Waals surface area contributed by atoms with E-state index in [1.54, 1.807) is 18.2 Å². The fourth-order valence-corrected chi connectivity index (χ4v) is 1.49. The molecule has 1 aromatic carbocycles. The van der Waals surface area contributed by atoms with Crippen molar-refractivity contribution in [2.45, 2.75) is 6.42 Å². The van der Waals surface area contributed by atoms with Crippen molar-refractivity contribution >= 4 is 5.91 Å². The Bertz CT molecular complexity index is 570. The molecule has 6 nitrogen and oxygen atoms in total. The van der Waals surface area contributed by atoms with Gasteiger partial charge < -0.3 is 15.6 Å². The van der Waals surface area contributed by atoms with Gasteiger partial charge in [-0.1, -0.05) is 17.3 Å². The molecule has 1 amide bonds. The highest BCUT2D eigenvalue weighted by Crippen LogP contribution is 2.19. The topological polar surface area (TPSA) is 94.0 Å². The molecule has 1 aromatic heterocycles. The van der Waals surface area contributed by atoms with E-state index in [1.807, 2.05) is 0 Å². The zero-order valence-corrected chi connectivity index (χ0v) is 10.1. The Morgan fingerprint density at radius 3 is 2.95 bits per heavy atom. The number of amides is 1. The quantitative estimate of drug-likeness (QED) is 0.819. The monoisotopic (exact) mass is 264 g/mol. The Labute approximate surface area is 108 Å². The van der Waals surface area contributed by atoms with Crippen LogP contribution in [-0.2, 0) is 11.2 Å². The van der Waals surface area contributed by atoms with E-state index in [0.29, 0.717) is 18.9 Å². The molecule has 7 heteroatoms. The van der Waals surface area contributed by atoms with E-state index in [2.05, 4.69) is 15.5 Å². The molecule has 1 heterocycles. The van der Waals surface area contributed by atoms with Crippen molar-refractivity contribution in [3.8, 4) is 11.4 Å². The molecule has 2 rings (SSSR count). The van der Waals surface area contributed by atoms with Crippen LogP contribution in [0, 0.1) is 5.82 Å². The number of benzene rings is 1. The van der Waals surface area contributed by atoms with E-state index in [9.17, 15) is 9.18 Å². The number of hydrogen-bond acceptors (Lipinski definition) is 5. The van der Waals surface area contributed by atoms with Gasteiger partial charge in [-0.15, -0.1) is 0 Å². The average molecular weight is 264 g/mol. The van der Waals surface area contributed by atoms with Crippen molar-refractivity contribution in [1.82, 2.24) is 15.5 Å². The molecule has 0 aliphatic heterocycles. The van der Waals surface area contributed by atoms with E-state index in [0.717, 1.165) is 0 Å². The number of hydrogen-bond donors (Lipinski definition) is 2. The van der Waals surface area contributed by atoms with Gasteiger partial charge >= 0.3 is 0 Å². The molecule has 0 atom stereocenters. The lowest BCUT2D eigenvalue weighted by atomic mass is 10.2. The van der Waals surface area contributed by atoms with E-state index in [-0.39, 0.29) is 23.8 Å². The third-order valence-corrected chi connectivity index (χ3v) is 2.43. The molecule has 0 radical (unpaired) electrons. The normalized spacial score (nSPS) is 10.4. The maximum atomic E-state index is 13.5. The van der Waals surface area contributed by atoms with Crippen molar-refractivity contribution in [3.63, 3.8) is 0 Å². The molecule has 0 fully saturated rings. The third-order valence-electron chi connectivity index (χ3n) is 2.43. The molecule has 19 heavy (non-hydrogen) atoms. The minimum absolute atomic E-state index is 0.0652. The van der Waals surface area contributed by atoms with Gasteiger partial charge in [0.15, 0.2) is 0 Å². The number of nitrogens with one attached hydrogen (secondary N) is 1. The zero-order chi connectivity index (χ0) is 13.7. The van der Waals surface area contributed by atoms with Gasteiger partial charge in [-0.05, 0) is 12.1 Å². The fourth-order valence-electron chi connectivity index (χ4n) is 1.49. The molecule has 0 spiro atoms. The number of nitrogens with zero attached hydrogens (tertiary/aromatic N) is 2. The van der Waals surface area contributed by atoms with Crippen LogP contribution in [0.15, 0.2) is 28.8 Å². The Morgan fingerprint density at radius 1 is 1.42 bits per heavy atom. The van der Waals surface area contributed by atoms with Gasteiger partial charge in [-0.25, -0.2) is 4.39 Å². The second kappa shape index (κ2) is 6.05. The highest BCUT2D eigenvalue weighted by atomic mass is 19.1. The zero-order valence-electron chi connectivity index (χ0n) is 10.1. The van der Waals surface area contributed by atoms with Crippen LogP contribution in [0.2, 0.25) is 0 Å². The van der Waals surface area contributed by atoms with Crippen LogP contribution < -0.4 is 11.1 Å². The van der Waals surface area contributed by atoms with Crippen molar-refractivity contribution in [2.75, 3.05) is 13.1 Å². The summed E-state index contributed by atoms with van der Waals surface area (Å²) in [6.45, 7) is 0.277. The number of halogens is 1. The maximum absolute atomic E-state index is 13.5. The molecular formula is C12H13FN4O2. The lowest BCUT2D eigenvalue weighted by molar-refractivity contribution is -0.119. The number of carbonyl (C=O) groups excluding carboxylic acids is 1. The summed E-state index contributed by atoms with van der Waals surface area (Å²) in [4.78, 5) is 15.0. The van der Waals surface area contributed by atoms with E-state index >= 15 is 0 Å². The molecule has 0 bridgehead atoms. The van der Waals surface area contributed by atoms with Gasteiger partial charge in [0.25, 0.3) is 0 Å². The summed E-state index contributed by atoms with van der Waals surface area (Å²) in [5, 5.41) is 6.28. The fraction of sp³-hybridized carbons (Fsp3) is 0.250. The summed E-state index contributed by atoms with van der Waals surface area (Å²) in [5.74, 6) is -0.144. The highest BCUT2D eigenvalue weighted by Gasteiger charge is 2.12. The summed E-state index contributed by atoms with van der Waals surface area (Å²) in [5.41, 5.74) is 5.42. The van der Waals surface area contributed by atoms with E-state index in [1.165, 1.54) is 6.07 Å². The molecule has 0 saturated heterocycles. The standard InChI is InChI=1S/C12H13FN4O2/c13-9-4-2-1-3-8(9)12-16-11(19-17-12)5-6-15-10(18)7-14/h1-4H,5-7,14H2,(H,15,18).